The standard InChI is InChI=1S/C9H14N2O4S/c1-3-15-9(13)11-10-7-4-6(5-16-7)8(12)14-2/h6H,3-5H2,1-2H3,(H,11,13)/t6-/m0/s1. The molecule has 1 saturated heterocycles. The number of carbonyl (C=O) groups is 2. The summed E-state index contributed by atoms with van der Waals surface area (Å²) in [6, 6.07) is 0. The van der Waals surface area contributed by atoms with Gasteiger partial charge < -0.3 is 9.47 Å². The molecule has 0 unspecified atom stereocenters. The summed E-state index contributed by atoms with van der Waals surface area (Å²) in [5.41, 5.74) is 2.26. The fourth-order valence-corrected chi connectivity index (χ4v) is 2.27. The Kier molecular flexibility index (Phi) is 5.10. The second kappa shape index (κ2) is 6.37. The minimum atomic E-state index is -0.586. The number of rotatable bonds is 3. The van der Waals surface area contributed by atoms with Gasteiger partial charge in [-0.05, 0) is 6.92 Å². The first-order valence-electron chi connectivity index (χ1n) is 4.87. The van der Waals surface area contributed by atoms with Gasteiger partial charge in [-0.15, -0.1) is 11.8 Å². The summed E-state index contributed by atoms with van der Waals surface area (Å²) < 4.78 is 9.27. The van der Waals surface area contributed by atoms with Crippen molar-refractivity contribution in [3.63, 3.8) is 0 Å². The van der Waals surface area contributed by atoms with Crippen LogP contribution < -0.4 is 5.43 Å². The van der Waals surface area contributed by atoms with E-state index in [1.54, 1.807) is 6.92 Å². The van der Waals surface area contributed by atoms with Crippen LogP contribution in [-0.2, 0) is 14.3 Å². The zero-order chi connectivity index (χ0) is 12.0. The number of thioether (sulfide) groups is 1. The van der Waals surface area contributed by atoms with Gasteiger partial charge in [-0.2, -0.15) is 5.10 Å². The zero-order valence-corrected chi connectivity index (χ0v) is 10.0. The molecule has 0 radical (unpaired) electrons. The maximum absolute atomic E-state index is 11.2. The van der Waals surface area contributed by atoms with Crippen molar-refractivity contribution in [1.82, 2.24) is 5.43 Å². The lowest BCUT2D eigenvalue weighted by Gasteiger charge is -2.03. The first-order chi connectivity index (χ1) is 7.67. The molecule has 0 saturated carbocycles. The molecular formula is C9H14N2O4S. The highest BCUT2D eigenvalue weighted by Crippen LogP contribution is 2.27. The van der Waals surface area contributed by atoms with Crippen LogP contribution >= 0.6 is 11.8 Å². The van der Waals surface area contributed by atoms with Crippen LogP contribution in [0.25, 0.3) is 0 Å². The number of amides is 1. The number of methoxy groups -OCH3 is 1. The first-order valence-corrected chi connectivity index (χ1v) is 5.85. The Morgan fingerprint density at radius 3 is 3.00 bits per heavy atom. The van der Waals surface area contributed by atoms with E-state index >= 15 is 0 Å². The quantitative estimate of drug-likeness (QED) is 0.593. The van der Waals surface area contributed by atoms with Gasteiger partial charge in [-0.25, -0.2) is 10.2 Å². The van der Waals surface area contributed by atoms with Gasteiger partial charge in [-0.1, -0.05) is 0 Å². The van der Waals surface area contributed by atoms with Gasteiger partial charge >= 0.3 is 12.1 Å². The Morgan fingerprint density at radius 2 is 2.38 bits per heavy atom. The van der Waals surface area contributed by atoms with E-state index in [0.717, 1.165) is 0 Å². The van der Waals surface area contributed by atoms with E-state index in [0.29, 0.717) is 23.8 Å². The molecule has 1 aliphatic rings. The van der Waals surface area contributed by atoms with E-state index < -0.39 is 6.09 Å². The highest BCUT2D eigenvalue weighted by atomic mass is 32.2. The molecule has 0 aromatic carbocycles. The maximum Gasteiger partial charge on any atom is 0.427 e. The molecule has 6 nitrogen and oxygen atoms in total. The molecule has 0 aliphatic carbocycles. The van der Waals surface area contributed by atoms with Gasteiger partial charge in [0.15, 0.2) is 0 Å². The Hall–Kier alpha value is -1.24. The van der Waals surface area contributed by atoms with Crippen LogP contribution in [0.3, 0.4) is 0 Å². The van der Waals surface area contributed by atoms with E-state index in [1.807, 2.05) is 0 Å². The van der Waals surface area contributed by atoms with E-state index in [-0.39, 0.29) is 11.9 Å². The maximum atomic E-state index is 11.2. The topological polar surface area (TPSA) is 77.0 Å². The zero-order valence-electron chi connectivity index (χ0n) is 9.19. The molecule has 1 fully saturated rings. The number of ether oxygens (including phenoxy) is 2. The van der Waals surface area contributed by atoms with Gasteiger partial charge in [0.05, 0.1) is 24.7 Å². The van der Waals surface area contributed by atoms with Crippen LogP contribution in [0.5, 0.6) is 0 Å². The summed E-state index contributed by atoms with van der Waals surface area (Å²) in [6.45, 7) is 2.01. The highest BCUT2D eigenvalue weighted by Gasteiger charge is 2.28. The SMILES string of the molecule is CCOC(=O)NN=C1C[C@H](C(=O)OC)CS1. The predicted octanol–water partition coefficient (Wildman–Crippen LogP) is 0.972. The molecule has 1 atom stereocenters. The summed E-state index contributed by atoms with van der Waals surface area (Å²) in [4.78, 5) is 22.1. The minimum absolute atomic E-state index is 0.169. The number of hydrogen-bond donors (Lipinski definition) is 1. The minimum Gasteiger partial charge on any atom is -0.469 e. The van der Waals surface area contributed by atoms with Crippen LogP contribution in [0.15, 0.2) is 5.10 Å². The second-order valence-corrected chi connectivity index (χ2v) is 4.17. The third-order valence-corrected chi connectivity index (χ3v) is 3.11. The van der Waals surface area contributed by atoms with E-state index in [4.69, 9.17) is 0 Å². The molecule has 1 N–H and O–H groups in total. The third kappa shape index (κ3) is 3.73. The molecule has 1 amide bonds. The number of nitrogens with one attached hydrogen (secondary N) is 1. The van der Waals surface area contributed by atoms with Crippen molar-refractivity contribution in [2.45, 2.75) is 13.3 Å². The molecule has 90 valence electrons. The lowest BCUT2D eigenvalue weighted by Crippen LogP contribution is -2.20. The number of hydrazone groups is 1. The summed E-state index contributed by atoms with van der Waals surface area (Å²) >= 11 is 1.43. The van der Waals surface area contributed by atoms with Crippen LogP contribution in [0, 0.1) is 5.92 Å². The summed E-state index contributed by atoms with van der Waals surface area (Å²) in [6.07, 6.45) is -0.0823. The van der Waals surface area contributed by atoms with Gasteiger partial charge in [-0.3, -0.25) is 4.79 Å². The highest BCUT2D eigenvalue weighted by molar-refractivity contribution is 8.14. The molecule has 0 spiro atoms. The lowest BCUT2D eigenvalue weighted by atomic mass is 10.1. The van der Waals surface area contributed by atoms with Crippen LogP contribution in [0.1, 0.15) is 13.3 Å². The van der Waals surface area contributed by atoms with Gasteiger partial charge in [0.25, 0.3) is 0 Å². The number of nitrogens with zero attached hydrogens (tertiary/aromatic N) is 1. The molecule has 0 aromatic rings. The van der Waals surface area contributed by atoms with Crippen molar-refractivity contribution >= 4 is 28.9 Å². The molecule has 0 bridgehead atoms. The van der Waals surface area contributed by atoms with Gasteiger partial charge in [0, 0.05) is 12.2 Å². The largest absolute Gasteiger partial charge is 0.469 e. The average Bonchev–Trinajstić information content (AvgIpc) is 2.74. The smallest absolute Gasteiger partial charge is 0.427 e. The molecule has 16 heavy (non-hydrogen) atoms. The molecule has 0 aromatic heterocycles. The van der Waals surface area contributed by atoms with Crippen molar-refractivity contribution in [1.29, 1.82) is 0 Å². The average molecular weight is 246 g/mol. The predicted molar refractivity (Wildman–Crippen MR) is 60.2 cm³/mol. The molecule has 1 rings (SSSR count). The summed E-state index contributed by atoms with van der Waals surface area (Å²) in [5.74, 6) is 0.224. The molecule has 1 heterocycles. The lowest BCUT2D eigenvalue weighted by molar-refractivity contribution is -0.144. The number of hydrogen-bond acceptors (Lipinski definition) is 6. The van der Waals surface area contributed by atoms with Crippen LogP contribution in [0.2, 0.25) is 0 Å². The summed E-state index contributed by atoms with van der Waals surface area (Å²) in [5, 5.41) is 4.57. The molecular weight excluding hydrogens is 232 g/mol. The van der Waals surface area contributed by atoms with E-state index in [9.17, 15) is 9.59 Å². The van der Waals surface area contributed by atoms with Crippen molar-refractivity contribution in [2.24, 2.45) is 11.0 Å². The van der Waals surface area contributed by atoms with Crippen molar-refractivity contribution in [3.05, 3.63) is 0 Å². The Morgan fingerprint density at radius 1 is 1.62 bits per heavy atom. The van der Waals surface area contributed by atoms with Gasteiger partial charge in [0.2, 0.25) is 0 Å². The van der Waals surface area contributed by atoms with E-state index in [1.165, 1.54) is 18.9 Å². The molecule has 1 aliphatic heterocycles. The number of esters is 1. The summed E-state index contributed by atoms with van der Waals surface area (Å²) in [7, 11) is 1.36. The van der Waals surface area contributed by atoms with Crippen molar-refractivity contribution < 1.29 is 19.1 Å². The van der Waals surface area contributed by atoms with Crippen molar-refractivity contribution in [3.8, 4) is 0 Å². The second-order valence-electron chi connectivity index (χ2n) is 3.07. The Bertz CT molecular complexity index is 306. The monoisotopic (exact) mass is 246 g/mol. The Balaban J connectivity index is 2.37. The first kappa shape index (κ1) is 12.8. The van der Waals surface area contributed by atoms with Gasteiger partial charge in [0.1, 0.15) is 0 Å². The van der Waals surface area contributed by atoms with E-state index in [2.05, 4.69) is 20.0 Å². The third-order valence-electron chi connectivity index (χ3n) is 1.95. The van der Waals surface area contributed by atoms with Crippen LogP contribution in [-0.4, -0.2) is 36.6 Å². The fourth-order valence-electron chi connectivity index (χ4n) is 1.19. The van der Waals surface area contributed by atoms with Crippen molar-refractivity contribution in [2.75, 3.05) is 19.5 Å². The Labute approximate surface area is 97.7 Å². The molecule has 7 heteroatoms. The normalized spacial score (nSPS) is 21.9. The van der Waals surface area contributed by atoms with Crippen LogP contribution in [0.4, 0.5) is 4.79 Å². The number of carbonyl (C=O) groups excluding carboxylic acids is 2. The fraction of sp³-hybridized carbons (Fsp3) is 0.667.